The minimum Gasteiger partial charge on any atom is -0.480 e. The van der Waals surface area contributed by atoms with E-state index in [0.717, 1.165) is 9.36 Å². The summed E-state index contributed by atoms with van der Waals surface area (Å²) in [5.41, 5.74) is -1.68. The van der Waals surface area contributed by atoms with Crippen molar-refractivity contribution in [2.45, 2.75) is 38.4 Å². The van der Waals surface area contributed by atoms with Crippen molar-refractivity contribution in [3.05, 3.63) is 21.0 Å². The molecule has 0 saturated heterocycles. The molecule has 104 valence electrons. The second-order valence-electron chi connectivity index (χ2n) is 4.41. The summed E-state index contributed by atoms with van der Waals surface area (Å²) in [5, 5.41) is 17.9. The molecule has 9 nitrogen and oxygen atoms in total. The molecule has 1 aliphatic heterocycles. The molecule has 0 saturated carbocycles. The molecule has 2 unspecified atom stereocenters. The lowest BCUT2D eigenvalue weighted by Crippen LogP contribution is -2.38. The van der Waals surface area contributed by atoms with Gasteiger partial charge in [-0.15, -0.1) is 0 Å². The minimum atomic E-state index is -1.33. The maximum absolute atomic E-state index is 12.1. The molecule has 0 bridgehead atoms. The van der Waals surface area contributed by atoms with Crippen molar-refractivity contribution >= 4 is 11.9 Å². The normalized spacial score (nSPS) is 19.7. The van der Waals surface area contributed by atoms with Crippen molar-refractivity contribution in [3.8, 4) is 0 Å². The predicted molar refractivity (Wildman–Crippen MR) is 61.2 cm³/mol. The van der Waals surface area contributed by atoms with Crippen molar-refractivity contribution in [3.63, 3.8) is 0 Å². The van der Waals surface area contributed by atoms with E-state index >= 15 is 0 Å². The zero-order chi connectivity index (χ0) is 14.3. The van der Waals surface area contributed by atoms with Crippen molar-refractivity contribution in [1.82, 2.24) is 13.9 Å². The molecule has 2 rings (SSSR count). The fraction of sp³-hybridized carbons (Fsp3) is 0.600. The van der Waals surface area contributed by atoms with Crippen LogP contribution in [0.1, 0.15) is 31.8 Å². The minimum absolute atomic E-state index is 0.206. The molecule has 2 N–H and O–H groups in total. The van der Waals surface area contributed by atoms with Gasteiger partial charge in [0.1, 0.15) is 6.04 Å². The third-order valence-corrected chi connectivity index (χ3v) is 3.26. The monoisotopic (exact) mass is 271 g/mol. The fourth-order valence-corrected chi connectivity index (χ4v) is 2.24. The topological polar surface area (TPSA) is 124 Å². The molecule has 1 aromatic heterocycles. The number of carboxylic acid groups (broad SMARTS) is 2. The Balaban J connectivity index is 2.70. The Morgan fingerprint density at radius 3 is 2.42 bits per heavy atom. The third-order valence-electron chi connectivity index (χ3n) is 3.26. The second kappa shape index (κ2) is 4.41. The molecule has 2 heterocycles. The van der Waals surface area contributed by atoms with Crippen molar-refractivity contribution in [2.24, 2.45) is 0 Å². The highest BCUT2D eigenvalue weighted by Gasteiger charge is 2.33. The van der Waals surface area contributed by atoms with Gasteiger partial charge in [-0.2, -0.15) is 0 Å². The number of fused-ring (bicyclic) bond motifs is 1. The lowest BCUT2D eigenvalue weighted by Gasteiger charge is -2.21. The first kappa shape index (κ1) is 13.1. The number of carbonyl (C=O) groups is 2. The highest BCUT2D eigenvalue weighted by Crippen LogP contribution is 2.17. The van der Waals surface area contributed by atoms with Gasteiger partial charge in [0, 0.05) is 6.54 Å². The Morgan fingerprint density at radius 1 is 1.26 bits per heavy atom. The highest BCUT2D eigenvalue weighted by atomic mass is 16.4. The highest BCUT2D eigenvalue weighted by molar-refractivity contribution is 5.72. The predicted octanol–water partition coefficient (Wildman–Crippen LogP) is -1.12. The van der Waals surface area contributed by atoms with Gasteiger partial charge in [0.25, 0.3) is 0 Å². The van der Waals surface area contributed by atoms with Crippen LogP contribution in [-0.2, 0) is 16.1 Å². The van der Waals surface area contributed by atoms with Crippen LogP contribution in [0.25, 0.3) is 0 Å². The van der Waals surface area contributed by atoms with Crippen LogP contribution in [0.15, 0.2) is 9.59 Å². The Morgan fingerprint density at radius 2 is 1.89 bits per heavy atom. The van der Waals surface area contributed by atoms with E-state index in [2.05, 4.69) is 0 Å². The summed E-state index contributed by atoms with van der Waals surface area (Å²) in [7, 11) is 0. The molecule has 1 aromatic rings. The van der Waals surface area contributed by atoms with E-state index in [1.54, 1.807) is 0 Å². The molecule has 19 heavy (non-hydrogen) atoms. The number of nitrogens with zero attached hydrogens (tertiary/aromatic N) is 3. The van der Waals surface area contributed by atoms with E-state index in [4.69, 9.17) is 10.2 Å². The van der Waals surface area contributed by atoms with Crippen LogP contribution in [-0.4, -0.2) is 36.1 Å². The van der Waals surface area contributed by atoms with Gasteiger partial charge in [0.15, 0.2) is 6.04 Å². The first-order valence-corrected chi connectivity index (χ1v) is 5.75. The average Bonchev–Trinajstić information content (AvgIpc) is 2.61. The van der Waals surface area contributed by atoms with Gasteiger partial charge in [0.05, 0.1) is 0 Å². The van der Waals surface area contributed by atoms with Crippen LogP contribution in [0, 0.1) is 0 Å². The second-order valence-corrected chi connectivity index (χ2v) is 4.41. The van der Waals surface area contributed by atoms with Crippen LogP contribution < -0.4 is 11.4 Å². The number of aliphatic carboxylic acids is 2. The van der Waals surface area contributed by atoms with Crippen LogP contribution in [0.4, 0.5) is 0 Å². The number of carboxylic acids is 2. The summed E-state index contributed by atoms with van der Waals surface area (Å²) < 4.78 is 2.42. The van der Waals surface area contributed by atoms with Gasteiger partial charge in [-0.1, -0.05) is 0 Å². The molecule has 0 aliphatic carbocycles. The number of rotatable bonds is 3. The summed E-state index contributed by atoms with van der Waals surface area (Å²) in [6.07, 6.45) is 0.682. The van der Waals surface area contributed by atoms with E-state index in [1.165, 1.54) is 6.92 Å². The molecule has 1 aliphatic rings. The van der Waals surface area contributed by atoms with Crippen LogP contribution >= 0.6 is 0 Å². The number of hydrogen-bond donors (Lipinski definition) is 2. The van der Waals surface area contributed by atoms with Gasteiger partial charge >= 0.3 is 23.3 Å². The van der Waals surface area contributed by atoms with Crippen LogP contribution in [0.2, 0.25) is 0 Å². The molecular weight excluding hydrogens is 258 g/mol. The average molecular weight is 271 g/mol. The summed E-state index contributed by atoms with van der Waals surface area (Å²) in [4.78, 5) is 46.1. The maximum Gasteiger partial charge on any atom is 0.348 e. The molecule has 0 radical (unpaired) electrons. The van der Waals surface area contributed by atoms with Gasteiger partial charge < -0.3 is 10.2 Å². The number of hydrogen-bond acceptors (Lipinski definition) is 4. The van der Waals surface area contributed by atoms with Gasteiger partial charge in [-0.05, 0) is 19.8 Å². The van der Waals surface area contributed by atoms with E-state index in [9.17, 15) is 19.2 Å². The third kappa shape index (κ3) is 1.86. The number of aromatic nitrogens is 3. The lowest BCUT2D eigenvalue weighted by atomic mass is 10.1. The van der Waals surface area contributed by atoms with Gasteiger partial charge in [0.2, 0.25) is 0 Å². The van der Waals surface area contributed by atoms with Crippen LogP contribution in [0.5, 0.6) is 0 Å². The summed E-state index contributed by atoms with van der Waals surface area (Å²) >= 11 is 0. The van der Waals surface area contributed by atoms with Gasteiger partial charge in [-0.25, -0.2) is 33.1 Å². The van der Waals surface area contributed by atoms with E-state index in [-0.39, 0.29) is 13.0 Å². The Labute approximate surface area is 106 Å². The Kier molecular flexibility index (Phi) is 3.05. The summed E-state index contributed by atoms with van der Waals surface area (Å²) in [6.45, 7) is 1.41. The molecule has 0 spiro atoms. The van der Waals surface area contributed by atoms with E-state index < -0.39 is 35.4 Å². The molecular formula is C10H13N3O6. The summed E-state index contributed by atoms with van der Waals surface area (Å²) in [6, 6.07) is -2.46. The standard InChI is InChI=1S/C10H13N3O6/c1-5(7(14)15)12-9(18)11-4-2-3-6(8(16)17)13(11)10(12)19/h5-6H,2-4H2,1H3,(H,14,15)(H,16,17). The van der Waals surface area contributed by atoms with Gasteiger partial charge in [-0.3, -0.25) is 0 Å². The first-order chi connectivity index (χ1) is 8.86. The lowest BCUT2D eigenvalue weighted by molar-refractivity contribution is -0.142. The zero-order valence-electron chi connectivity index (χ0n) is 10.1. The molecule has 9 heteroatoms. The largest absolute Gasteiger partial charge is 0.480 e. The molecule has 0 fully saturated rings. The van der Waals surface area contributed by atoms with E-state index in [0.29, 0.717) is 11.0 Å². The molecule has 2 atom stereocenters. The molecule has 0 amide bonds. The Bertz CT molecular complexity index is 651. The van der Waals surface area contributed by atoms with Crippen molar-refractivity contribution in [1.29, 1.82) is 0 Å². The SMILES string of the molecule is CC(C(=O)O)n1c(=O)n2n(c1=O)C(C(=O)O)CCC2. The quantitative estimate of drug-likeness (QED) is 0.717. The van der Waals surface area contributed by atoms with Crippen molar-refractivity contribution < 1.29 is 19.8 Å². The maximum atomic E-state index is 12.1. The zero-order valence-corrected chi connectivity index (χ0v) is 10.1. The smallest absolute Gasteiger partial charge is 0.348 e. The Hall–Kier alpha value is -2.32. The van der Waals surface area contributed by atoms with Crippen LogP contribution in [0.3, 0.4) is 0 Å². The van der Waals surface area contributed by atoms with Crippen molar-refractivity contribution in [2.75, 3.05) is 0 Å². The first-order valence-electron chi connectivity index (χ1n) is 5.75. The van der Waals surface area contributed by atoms with E-state index in [1.807, 2.05) is 0 Å². The molecule has 0 aromatic carbocycles. The summed E-state index contributed by atoms with van der Waals surface area (Å²) in [5.74, 6) is -2.54. The fourth-order valence-electron chi connectivity index (χ4n) is 2.24.